The van der Waals surface area contributed by atoms with Gasteiger partial charge in [-0.3, -0.25) is 10.1 Å². The average Bonchev–Trinajstić information content (AvgIpc) is 2.08. The molecule has 0 saturated carbocycles. The second-order valence-corrected chi connectivity index (χ2v) is 2.78. The highest BCUT2D eigenvalue weighted by atomic mass is 35.5. The molecule has 0 amide bonds. The van der Waals surface area contributed by atoms with Gasteiger partial charge in [0.25, 0.3) is 0 Å². The minimum Gasteiger partial charge on any atom is -0.502 e. The molecule has 0 aliphatic rings. The number of benzene rings is 1. The normalized spacial score (nSPS) is 10.0. The first-order chi connectivity index (χ1) is 6.06. The van der Waals surface area contributed by atoms with Gasteiger partial charge in [-0.2, -0.15) is 0 Å². The van der Waals surface area contributed by atoms with Crippen LogP contribution in [0.5, 0.6) is 5.75 Å². The average molecular weight is 204 g/mol. The summed E-state index contributed by atoms with van der Waals surface area (Å²) in [6.45, 7) is -0.493. The number of hydrogen-bond donors (Lipinski definition) is 2. The van der Waals surface area contributed by atoms with E-state index < -0.39 is 23.0 Å². The molecule has 2 N–H and O–H groups in total. The molecule has 0 unspecified atom stereocenters. The Morgan fingerprint density at radius 3 is 2.62 bits per heavy atom. The lowest BCUT2D eigenvalue weighted by Crippen LogP contribution is -1.92. The van der Waals surface area contributed by atoms with Gasteiger partial charge in [-0.15, -0.1) is 0 Å². The molecule has 0 saturated heterocycles. The molecule has 13 heavy (non-hydrogen) atoms. The third-order valence-electron chi connectivity index (χ3n) is 1.50. The number of nitrogens with zero attached hydrogens (tertiary/aromatic N) is 1. The molecule has 0 fully saturated rings. The summed E-state index contributed by atoms with van der Waals surface area (Å²) in [6.07, 6.45) is 0. The third kappa shape index (κ3) is 1.88. The number of rotatable bonds is 2. The number of nitro groups is 1. The lowest BCUT2D eigenvalue weighted by Gasteiger charge is -2.02. The zero-order chi connectivity index (χ0) is 10.0. The molecule has 0 aromatic heterocycles. The second-order valence-electron chi connectivity index (χ2n) is 2.35. The lowest BCUT2D eigenvalue weighted by atomic mass is 10.2. The third-order valence-corrected chi connectivity index (χ3v) is 1.72. The Hall–Kier alpha value is -1.33. The van der Waals surface area contributed by atoms with Crippen LogP contribution >= 0.6 is 11.6 Å². The van der Waals surface area contributed by atoms with Crippen LogP contribution in [-0.4, -0.2) is 15.1 Å². The van der Waals surface area contributed by atoms with Crippen molar-refractivity contribution in [2.45, 2.75) is 6.61 Å². The first-order valence-corrected chi connectivity index (χ1v) is 3.70. The fraction of sp³-hybridized carbons (Fsp3) is 0.143. The minimum atomic E-state index is -0.764. The van der Waals surface area contributed by atoms with Crippen molar-refractivity contribution in [1.29, 1.82) is 0 Å². The van der Waals surface area contributed by atoms with Crippen LogP contribution in [-0.2, 0) is 6.61 Å². The van der Waals surface area contributed by atoms with Crippen molar-refractivity contribution < 1.29 is 15.1 Å². The molecule has 0 spiro atoms. The predicted octanol–water partition coefficient (Wildman–Crippen LogP) is 1.45. The number of aromatic hydroxyl groups is 1. The fourth-order valence-corrected chi connectivity index (χ4v) is 1.13. The van der Waals surface area contributed by atoms with E-state index in [1.807, 2.05) is 0 Å². The summed E-state index contributed by atoms with van der Waals surface area (Å²) >= 11 is 5.52. The van der Waals surface area contributed by atoms with E-state index in [-0.39, 0.29) is 10.6 Å². The van der Waals surface area contributed by atoms with Gasteiger partial charge in [0.05, 0.1) is 11.5 Å². The molecular weight excluding hydrogens is 198 g/mol. The van der Waals surface area contributed by atoms with E-state index in [0.717, 1.165) is 6.07 Å². The first-order valence-electron chi connectivity index (χ1n) is 3.33. The van der Waals surface area contributed by atoms with Crippen LogP contribution < -0.4 is 0 Å². The smallest absolute Gasteiger partial charge is 0.312 e. The highest BCUT2D eigenvalue weighted by Crippen LogP contribution is 2.32. The molecule has 1 aromatic rings. The molecule has 1 rings (SSSR count). The second kappa shape index (κ2) is 3.59. The van der Waals surface area contributed by atoms with Crippen LogP contribution in [0.2, 0.25) is 5.02 Å². The number of aliphatic hydroxyl groups is 1. The molecule has 0 aliphatic carbocycles. The Bertz CT molecular complexity index is 353. The molecule has 0 heterocycles. The molecule has 0 radical (unpaired) electrons. The summed E-state index contributed by atoms with van der Waals surface area (Å²) in [5.74, 6) is -0.545. The summed E-state index contributed by atoms with van der Waals surface area (Å²) in [5, 5.41) is 28.4. The van der Waals surface area contributed by atoms with Gasteiger partial charge in [0, 0.05) is 16.7 Å². The van der Waals surface area contributed by atoms with Gasteiger partial charge in [-0.05, 0) is 6.07 Å². The van der Waals surface area contributed by atoms with E-state index in [9.17, 15) is 15.2 Å². The van der Waals surface area contributed by atoms with Crippen molar-refractivity contribution in [1.82, 2.24) is 0 Å². The van der Waals surface area contributed by atoms with Gasteiger partial charge in [0.1, 0.15) is 0 Å². The van der Waals surface area contributed by atoms with E-state index in [2.05, 4.69) is 0 Å². The zero-order valence-electron chi connectivity index (χ0n) is 6.40. The van der Waals surface area contributed by atoms with E-state index in [4.69, 9.17) is 16.7 Å². The summed E-state index contributed by atoms with van der Waals surface area (Å²) < 4.78 is 0. The summed E-state index contributed by atoms with van der Waals surface area (Å²) in [7, 11) is 0. The van der Waals surface area contributed by atoms with Gasteiger partial charge in [-0.25, -0.2) is 0 Å². The van der Waals surface area contributed by atoms with Crippen LogP contribution in [0.4, 0.5) is 5.69 Å². The van der Waals surface area contributed by atoms with E-state index >= 15 is 0 Å². The summed E-state index contributed by atoms with van der Waals surface area (Å²) in [5.41, 5.74) is -0.462. The molecule has 0 bridgehead atoms. The highest BCUT2D eigenvalue weighted by Gasteiger charge is 2.17. The van der Waals surface area contributed by atoms with Crippen molar-refractivity contribution in [3.63, 3.8) is 0 Å². The molecule has 1 aromatic carbocycles. The van der Waals surface area contributed by atoms with Gasteiger partial charge in [0.15, 0.2) is 5.75 Å². The monoisotopic (exact) mass is 203 g/mol. The fourth-order valence-electron chi connectivity index (χ4n) is 0.900. The summed E-state index contributed by atoms with van der Waals surface area (Å²) in [4.78, 5) is 9.58. The van der Waals surface area contributed by atoms with E-state index in [1.54, 1.807) is 0 Å². The summed E-state index contributed by atoms with van der Waals surface area (Å²) in [6, 6.07) is 2.29. The van der Waals surface area contributed by atoms with E-state index in [0.29, 0.717) is 0 Å². The Balaban J connectivity index is 3.35. The van der Waals surface area contributed by atoms with Crippen molar-refractivity contribution >= 4 is 17.3 Å². The molecule has 0 atom stereocenters. The van der Waals surface area contributed by atoms with Crippen molar-refractivity contribution in [3.05, 3.63) is 32.8 Å². The SMILES string of the molecule is O=[N+]([O-])c1cc(Cl)cc(CO)c1O. The van der Waals surface area contributed by atoms with Gasteiger partial charge >= 0.3 is 5.69 Å². The van der Waals surface area contributed by atoms with Gasteiger partial charge < -0.3 is 10.2 Å². The molecule has 70 valence electrons. The Morgan fingerprint density at radius 2 is 2.15 bits per heavy atom. The molecular formula is C7H6ClNO4. The Kier molecular flexibility index (Phi) is 2.69. The zero-order valence-corrected chi connectivity index (χ0v) is 7.15. The standard InChI is InChI=1S/C7H6ClNO4/c8-5-1-4(3-10)7(11)6(2-5)9(12)13/h1-2,10-11H,3H2. The molecule has 5 nitrogen and oxygen atoms in total. The minimum absolute atomic E-state index is 0.0409. The predicted molar refractivity (Wildman–Crippen MR) is 45.7 cm³/mol. The van der Waals surface area contributed by atoms with Crippen LogP contribution in [0.1, 0.15) is 5.56 Å². The maximum Gasteiger partial charge on any atom is 0.312 e. The molecule has 0 aliphatic heterocycles. The Labute approximate surface area is 78.3 Å². The van der Waals surface area contributed by atoms with Crippen LogP contribution in [0.25, 0.3) is 0 Å². The van der Waals surface area contributed by atoms with Crippen LogP contribution in [0.3, 0.4) is 0 Å². The largest absolute Gasteiger partial charge is 0.502 e. The number of nitro benzene ring substituents is 1. The first kappa shape index (κ1) is 9.76. The van der Waals surface area contributed by atoms with Gasteiger partial charge in [0.2, 0.25) is 0 Å². The lowest BCUT2D eigenvalue weighted by molar-refractivity contribution is -0.385. The number of halogens is 1. The maximum absolute atomic E-state index is 10.3. The number of aliphatic hydroxyl groups excluding tert-OH is 1. The van der Waals surface area contributed by atoms with Crippen molar-refractivity contribution in [2.75, 3.05) is 0 Å². The van der Waals surface area contributed by atoms with Crippen molar-refractivity contribution in [3.8, 4) is 5.75 Å². The number of phenols is 1. The van der Waals surface area contributed by atoms with Crippen LogP contribution in [0, 0.1) is 10.1 Å². The van der Waals surface area contributed by atoms with E-state index in [1.165, 1.54) is 6.07 Å². The molecule has 6 heteroatoms. The topological polar surface area (TPSA) is 83.6 Å². The maximum atomic E-state index is 10.3. The van der Waals surface area contributed by atoms with Crippen molar-refractivity contribution in [2.24, 2.45) is 0 Å². The van der Waals surface area contributed by atoms with Crippen LogP contribution in [0.15, 0.2) is 12.1 Å². The number of hydrogen-bond acceptors (Lipinski definition) is 4. The highest BCUT2D eigenvalue weighted by molar-refractivity contribution is 6.31. The Morgan fingerprint density at radius 1 is 1.54 bits per heavy atom. The van der Waals surface area contributed by atoms with Gasteiger partial charge in [-0.1, -0.05) is 11.6 Å². The quantitative estimate of drug-likeness (QED) is 0.563.